The maximum Gasteiger partial charge on any atom is 0.305 e. The van der Waals surface area contributed by atoms with Gasteiger partial charge >= 0.3 is 5.97 Å². The van der Waals surface area contributed by atoms with Gasteiger partial charge in [0, 0.05) is 18.3 Å². The fourth-order valence-corrected chi connectivity index (χ4v) is 1.05. The molecule has 1 aromatic rings. The summed E-state index contributed by atoms with van der Waals surface area (Å²) < 4.78 is 4.52. The first kappa shape index (κ1) is 8.84. The monoisotopic (exact) mass is 167 g/mol. The molecule has 1 N–H and O–H groups in total. The quantitative estimate of drug-likeness (QED) is 0.690. The van der Waals surface area contributed by atoms with Gasteiger partial charge in [-0.15, -0.1) is 0 Å². The first-order chi connectivity index (χ1) is 5.83. The molecule has 0 saturated heterocycles. The second kappa shape index (κ2) is 4.59. The van der Waals surface area contributed by atoms with E-state index in [0.29, 0.717) is 6.42 Å². The van der Waals surface area contributed by atoms with E-state index in [2.05, 4.69) is 9.72 Å². The number of carbonyl (C=O) groups is 1. The molecule has 0 aliphatic rings. The van der Waals surface area contributed by atoms with Crippen LogP contribution in [0.5, 0.6) is 0 Å². The lowest BCUT2D eigenvalue weighted by atomic mass is 10.2. The van der Waals surface area contributed by atoms with Crippen LogP contribution >= 0.6 is 0 Å². The van der Waals surface area contributed by atoms with E-state index in [-0.39, 0.29) is 5.97 Å². The molecule has 0 radical (unpaired) electrons. The summed E-state index contributed by atoms with van der Waals surface area (Å²) >= 11 is 0. The van der Waals surface area contributed by atoms with Crippen molar-refractivity contribution in [1.82, 2.24) is 4.98 Å². The number of nitrogens with one attached hydrogen (secondary N) is 1. The molecule has 0 aliphatic carbocycles. The summed E-state index contributed by atoms with van der Waals surface area (Å²) in [5.41, 5.74) is 1.17. The molecule has 0 spiro atoms. The Morgan fingerprint density at radius 1 is 1.67 bits per heavy atom. The molecule has 0 aromatic carbocycles. The van der Waals surface area contributed by atoms with Gasteiger partial charge in [0.2, 0.25) is 0 Å². The van der Waals surface area contributed by atoms with E-state index in [1.807, 2.05) is 18.3 Å². The zero-order valence-electron chi connectivity index (χ0n) is 7.17. The Morgan fingerprint density at radius 3 is 3.08 bits per heavy atom. The summed E-state index contributed by atoms with van der Waals surface area (Å²) in [7, 11) is 1.41. The molecule has 0 saturated carbocycles. The van der Waals surface area contributed by atoms with Gasteiger partial charge in [0.15, 0.2) is 0 Å². The van der Waals surface area contributed by atoms with Crippen molar-refractivity contribution in [3.8, 4) is 0 Å². The fourth-order valence-electron chi connectivity index (χ4n) is 1.05. The minimum Gasteiger partial charge on any atom is -0.469 e. The third-order valence-electron chi connectivity index (χ3n) is 1.72. The summed E-state index contributed by atoms with van der Waals surface area (Å²) in [4.78, 5) is 13.8. The van der Waals surface area contributed by atoms with Crippen LogP contribution in [0.1, 0.15) is 18.5 Å². The molecule has 0 bridgehead atoms. The van der Waals surface area contributed by atoms with Crippen LogP contribution in [-0.2, 0) is 16.0 Å². The average molecular weight is 167 g/mol. The van der Waals surface area contributed by atoms with Crippen molar-refractivity contribution in [3.63, 3.8) is 0 Å². The predicted octanol–water partition coefficient (Wildman–Crippen LogP) is 1.51. The molecule has 3 heteroatoms. The van der Waals surface area contributed by atoms with Crippen molar-refractivity contribution < 1.29 is 9.53 Å². The molecule has 0 fully saturated rings. The number of hydrogen-bond acceptors (Lipinski definition) is 2. The van der Waals surface area contributed by atoms with Crippen molar-refractivity contribution in [1.29, 1.82) is 0 Å². The number of ether oxygens (including phenoxy) is 1. The fraction of sp³-hybridized carbons (Fsp3) is 0.444. The Hall–Kier alpha value is -1.25. The Bertz CT molecular complexity index is 229. The van der Waals surface area contributed by atoms with E-state index in [1.165, 1.54) is 12.8 Å². The second-order valence-electron chi connectivity index (χ2n) is 2.63. The van der Waals surface area contributed by atoms with Gasteiger partial charge in [-0.2, -0.15) is 0 Å². The maximum atomic E-state index is 10.7. The molecule has 1 heterocycles. The number of aryl methyl sites for hydroxylation is 1. The van der Waals surface area contributed by atoms with E-state index >= 15 is 0 Å². The highest BCUT2D eigenvalue weighted by atomic mass is 16.5. The SMILES string of the molecule is COC(=O)CCCc1ccc[nH]1. The molecule has 3 nitrogen and oxygen atoms in total. The van der Waals surface area contributed by atoms with Crippen LogP contribution in [0.25, 0.3) is 0 Å². The van der Waals surface area contributed by atoms with Crippen molar-refractivity contribution in [2.24, 2.45) is 0 Å². The van der Waals surface area contributed by atoms with Crippen LogP contribution in [0, 0.1) is 0 Å². The van der Waals surface area contributed by atoms with Gasteiger partial charge in [-0.25, -0.2) is 0 Å². The summed E-state index contributed by atoms with van der Waals surface area (Å²) in [6, 6.07) is 3.96. The topological polar surface area (TPSA) is 42.1 Å². The third kappa shape index (κ3) is 2.78. The number of methoxy groups -OCH3 is 1. The smallest absolute Gasteiger partial charge is 0.305 e. The number of aromatic nitrogens is 1. The molecule has 1 aromatic heterocycles. The van der Waals surface area contributed by atoms with Crippen molar-refractivity contribution >= 4 is 5.97 Å². The normalized spacial score (nSPS) is 9.75. The molecule has 0 atom stereocenters. The molecule has 0 aliphatic heterocycles. The van der Waals surface area contributed by atoms with Crippen molar-refractivity contribution in [3.05, 3.63) is 24.0 Å². The third-order valence-corrected chi connectivity index (χ3v) is 1.72. The van der Waals surface area contributed by atoms with Gasteiger partial charge in [0.25, 0.3) is 0 Å². The zero-order chi connectivity index (χ0) is 8.81. The highest BCUT2D eigenvalue weighted by Gasteiger charge is 1.99. The Balaban J connectivity index is 2.15. The lowest BCUT2D eigenvalue weighted by Crippen LogP contribution is -2.00. The van der Waals surface area contributed by atoms with Crippen molar-refractivity contribution in [2.75, 3.05) is 7.11 Å². The zero-order valence-corrected chi connectivity index (χ0v) is 7.17. The Morgan fingerprint density at radius 2 is 2.50 bits per heavy atom. The minimum absolute atomic E-state index is 0.137. The van der Waals surface area contributed by atoms with Crippen LogP contribution in [0.15, 0.2) is 18.3 Å². The van der Waals surface area contributed by atoms with Crippen LogP contribution in [0.3, 0.4) is 0 Å². The summed E-state index contributed by atoms with van der Waals surface area (Å²) in [6.45, 7) is 0. The number of H-pyrrole nitrogens is 1. The number of rotatable bonds is 4. The lowest BCUT2D eigenvalue weighted by Gasteiger charge is -1.97. The highest BCUT2D eigenvalue weighted by molar-refractivity contribution is 5.69. The highest BCUT2D eigenvalue weighted by Crippen LogP contribution is 2.02. The lowest BCUT2D eigenvalue weighted by molar-refractivity contribution is -0.140. The molecule has 0 amide bonds. The summed E-state index contributed by atoms with van der Waals surface area (Å²) in [6.07, 6.45) is 4.12. The largest absolute Gasteiger partial charge is 0.469 e. The molecule has 12 heavy (non-hydrogen) atoms. The summed E-state index contributed by atoms with van der Waals surface area (Å²) in [5, 5.41) is 0. The first-order valence-corrected chi connectivity index (χ1v) is 4.02. The molecular weight excluding hydrogens is 154 g/mol. The van der Waals surface area contributed by atoms with Crippen LogP contribution < -0.4 is 0 Å². The van der Waals surface area contributed by atoms with Crippen LogP contribution in [0.2, 0.25) is 0 Å². The molecule has 66 valence electrons. The number of hydrogen-bond donors (Lipinski definition) is 1. The van der Waals surface area contributed by atoms with Gasteiger partial charge < -0.3 is 9.72 Å². The molecule has 0 unspecified atom stereocenters. The van der Waals surface area contributed by atoms with E-state index in [0.717, 1.165) is 12.8 Å². The van der Waals surface area contributed by atoms with Gasteiger partial charge in [-0.1, -0.05) is 0 Å². The van der Waals surface area contributed by atoms with Crippen LogP contribution in [0.4, 0.5) is 0 Å². The minimum atomic E-state index is -0.137. The Labute approximate surface area is 71.7 Å². The van der Waals surface area contributed by atoms with Crippen molar-refractivity contribution in [2.45, 2.75) is 19.3 Å². The number of carbonyl (C=O) groups excluding carboxylic acids is 1. The average Bonchev–Trinajstić information content (AvgIpc) is 2.57. The number of esters is 1. The molecule has 1 rings (SSSR count). The molecular formula is C9H13NO2. The van der Waals surface area contributed by atoms with E-state index < -0.39 is 0 Å². The van der Waals surface area contributed by atoms with E-state index in [1.54, 1.807) is 0 Å². The number of aromatic amines is 1. The summed E-state index contributed by atoms with van der Waals surface area (Å²) in [5.74, 6) is -0.137. The van der Waals surface area contributed by atoms with Gasteiger partial charge in [0.1, 0.15) is 0 Å². The maximum absolute atomic E-state index is 10.7. The van der Waals surface area contributed by atoms with E-state index in [9.17, 15) is 4.79 Å². The van der Waals surface area contributed by atoms with Gasteiger partial charge in [0.05, 0.1) is 7.11 Å². The van der Waals surface area contributed by atoms with Crippen LogP contribution in [-0.4, -0.2) is 18.1 Å². The standard InChI is InChI=1S/C9H13NO2/c1-12-9(11)6-2-4-8-5-3-7-10-8/h3,5,7,10H,2,4,6H2,1H3. The predicted molar refractivity (Wildman–Crippen MR) is 45.7 cm³/mol. The Kier molecular flexibility index (Phi) is 3.38. The van der Waals surface area contributed by atoms with E-state index in [4.69, 9.17) is 0 Å². The van der Waals surface area contributed by atoms with Gasteiger partial charge in [-0.3, -0.25) is 4.79 Å². The van der Waals surface area contributed by atoms with Gasteiger partial charge in [-0.05, 0) is 25.0 Å². The first-order valence-electron chi connectivity index (χ1n) is 4.02. The second-order valence-corrected chi connectivity index (χ2v) is 2.63.